The Balaban J connectivity index is 2.44. The fourth-order valence-corrected chi connectivity index (χ4v) is 2.64. The summed E-state index contributed by atoms with van der Waals surface area (Å²) in [5, 5.41) is 0. The van der Waals surface area contributed by atoms with Gasteiger partial charge in [0.05, 0.1) is 0 Å². The number of benzene rings is 1. The van der Waals surface area contributed by atoms with Crippen molar-refractivity contribution in [1.29, 1.82) is 0 Å². The molecule has 0 aliphatic rings. The standard InChI is InChI=1S/C12H11F2N3O2S/c1-7-3-2-4-10(16-7)17-20(18,19)9-6-5-8(13)12(15)11(9)14/h2-6H,15H2,1H3,(H,16,17). The number of hydrogen-bond donors (Lipinski definition) is 2. The van der Waals surface area contributed by atoms with Crippen molar-refractivity contribution in [2.24, 2.45) is 0 Å². The van der Waals surface area contributed by atoms with Crippen LogP contribution in [0.25, 0.3) is 0 Å². The molecule has 0 atom stereocenters. The molecule has 0 saturated carbocycles. The average molecular weight is 299 g/mol. The van der Waals surface area contributed by atoms with E-state index in [1.54, 1.807) is 19.1 Å². The van der Waals surface area contributed by atoms with Crippen molar-refractivity contribution in [1.82, 2.24) is 4.98 Å². The molecule has 0 radical (unpaired) electrons. The van der Waals surface area contributed by atoms with Gasteiger partial charge in [-0.2, -0.15) is 0 Å². The monoisotopic (exact) mass is 299 g/mol. The largest absolute Gasteiger partial charge is 0.394 e. The molecular formula is C12H11F2N3O2S. The number of aromatic nitrogens is 1. The van der Waals surface area contributed by atoms with E-state index in [0.29, 0.717) is 5.69 Å². The topological polar surface area (TPSA) is 85.1 Å². The maximum atomic E-state index is 13.7. The van der Waals surface area contributed by atoms with E-state index in [4.69, 9.17) is 5.73 Å². The van der Waals surface area contributed by atoms with E-state index in [9.17, 15) is 17.2 Å². The zero-order valence-electron chi connectivity index (χ0n) is 10.4. The molecule has 3 N–H and O–H groups in total. The van der Waals surface area contributed by atoms with Crippen LogP contribution in [0.15, 0.2) is 35.2 Å². The normalized spacial score (nSPS) is 11.3. The maximum absolute atomic E-state index is 13.7. The second-order valence-electron chi connectivity index (χ2n) is 4.04. The Bertz CT molecular complexity index is 763. The fourth-order valence-electron chi connectivity index (χ4n) is 1.55. The molecule has 2 aromatic rings. The summed E-state index contributed by atoms with van der Waals surface area (Å²) < 4.78 is 52.9. The van der Waals surface area contributed by atoms with Gasteiger partial charge in [0.2, 0.25) is 0 Å². The number of nitrogens with two attached hydrogens (primary N) is 1. The summed E-state index contributed by atoms with van der Waals surface area (Å²) in [7, 11) is -4.23. The zero-order chi connectivity index (χ0) is 14.9. The van der Waals surface area contributed by atoms with Gasteiger partial charge in [-0.05, 0) is 31.2 Å². The molecule has 0 aliphatic heterocycles. The molecule has 0 fully saturated rings. The molecule has 0 amide bonds. The van der Waals surface area contributed by atoms with E-state index in [2.05, 4.69) is 9.71 Å². The smallest absolute Gasteiger partial charge is 0.266 e. The lowest BCUT2D eigenvalue weighted by Gasteiger charge is -2.10. The molecule has 1 aromatic carbocycles. The molecule has 1 aromatic heterocycles. The summed E-state index contributed by atoms with van der Waals surface area (Å²) in [4.78, 5) is 3.20. The summed E-state index contributed by atoms with van der Waals surface area (Å²) >= 11 is 0. The van der Waals surface area contributed by atoms with E-state index in [1.807, 2.05) is 0 Å². The molecule has 1 heterocycles. The molecule has 2 rings (SSSR count). The Kier molecular flexibility index (Phi) is 3.58. The summed E-state index contributed by atoms with van der Waals surface area (Å²) in [5.74, 6) is -2.31. The number of nitrogens with zero attached hydrogens (tertiary/aromatic N) is 1. The number of sulfonamides is 1. The van der Waals surface area contributed by atoms with Crippen LogP contribution in [0, 0.1) is 18.6 Å². The molecule has 5 nitrogen and oxygen atoms in total. The Morgan fingerprint density at radius 3 is 2.55 bits per heavy atom. The van der Waals surface area contributed by atoms with Crippen LogP contribution >= 0.6 is 0 Å². The number of pyridine rings is 1. The number of nitrogens with one attached hydrogen (secondary N) is 1. The third kappa shape index (κ3) is 2.69. The van der Waals surface area contributed by atoms with Crippen LogP contribution in [0.5, 0.6) is 0 Å². The first-order chi connectivity index (χ1) is 9.31. The minimum atomic E-state index is -4.23. The van der Waals surface area contributed by atoms with E-state index in [-0.39, 0.29) is 5.82 Å². The van der Waals surface area contributed by atoms with Gasteiger partial charge in [0.15, 0.2) is 5.82 Å². The van der Waals surface area contributed by atoms with Gasteiger partial charge < -0.3 is 5.73 Å². The van der Waals surface area contributed by atoms with Crippen molar-refractivity contribution in [2.75, 3.05) is 10.5 Å². The van der Waals surface area contributed by atoms with Crippen LogP contribution in [0.4, 0.5) is 20.3 Å². The quantitative estimate of drug-likeness (QED) is 0.849. The lowest BCUT2D eigenvalue weighted by Crippen LogP contribution is -2.16. The van der Waals surface area contributed by atoms with Gasteiger partial charge in [0.25, 0.3) is 10.0 Å². The minimum absolute atomic E-state index is 0.0345. The summed E-state index contributed by atoms with van der Waals surface area (Å²) in [6.45, 7) is 1.67. The predicted octanol–water partition coefficient (Wildman–Crippen LogP) is 2.05. The first kappa shape index (κ1) is 14.2. The maximum Gasteiger partial charge on any atom is 0.266 e. The molecule has 20 heavy (non-hydrogen) atoms. The van der Waals surface area contributed by atoms with Crippen molar-refractivity contribution in [3.63, 3.8) is 0 Å². The highest BCUT2D eigenvalue weighted by Crippen LogP contribution is 2.24. The summed E-state index contributed by atoms with van der Waals surface area (Å²) in [5.41, 5.74) is 4.88. The van der Waals surface area contributed by atoms with Crippen LogP contribution in [-0.2, 0) is 10.0 Å². The summed E-state index contributed by atoms with van der Waals surface area (Å²) in [6.07, 6.45) is 0. The van der Waals surface area contributed by atoms with Crippen LogP contribution in [0.3, 0.4) is 0 Å². The minimum Gasteiger partial charge on any atom is -0.394 e. The van der Waals surface area contributed by atoms with Crippen molar-refractivity contribution in [2.45, 2.75) is 11.8 Å². The van der Waals surface area contributed by atoms with Gasteiger partial charge in [-0.3, -0.25) is 4.72 Å². The van der Waals surface area contributed by atoms with Gasteiger partial charge in [0.1, 0.15) is 22.2 Å². The molecule has 0 spiro atoms. The number of aryl methyl sites for hydroxylation is 1. The van der Waals surface area contributed by atoms with Crippen LogP contribution in [0.2, 0.25) is 0 Å². The van der Waals surface area contributed by atoms with Gasteiger partial charge in [0, 0.05) is 5.69 Å². The lowest BCUT2D eigenvalue weighted by molar-refractivity contribution is 0.557. The van der Waals surface area contributed by atoms with Crippen molar-refractivity contribution in [3.05, 3.63) is 47.7 Å². The van der Waals surface area contributed by atoms with E-state index in [1.165, 1.54) is 6.07 Å². The highest BCUT2D eigenvalue weighted by Gasteiger charge is 2.23. The van der Waals surface area contributed by atoms with E-state index in [0.717, 1.165) is 12.1 Å². The Labute approximate surface area is 114 Å². The highest BCUT2D eigenvalue weighted by atomic mass is 32.2. The van der Waals surface area contributed by atoms with Crippen LogP contribution < -0.4 is 10.5 Å². The molecular weight excluding hydrogens is 288 g/mol. The molecule has 0 bridgehead atoms. The van der Waals surface area contributed by atoms with Crippen molar-refractivity contribution < 1.29 is 17.2 Å². The third-order valence-corrected chi connectivity index (χ3v) is 3.88. The molecule has 106 valence electrons. The SMILES string of the molecule is Cc1cccc(NS(=O)(=O)c2ccc(F)c(N)c2F)n1. The molecule has 0 aliphatic carbocycles. The van der Waals surface area contributed by atoms with Gasteiger partial charge in [-0.15, -0.1) is 0 Å². The molecule has 0 saturated heterocycles. The lowest BCUT2D eigenvalue weighted by atomic mass is 10.3. The van der Waals surface area contributed by atoms with Crippen LogP contribution in [-0.4, -0.2) is 13.4 Å². The molecule has 0 unspecified atom stereocenters. The van der Waals surface area contributed by atoms with Crippen LogP contribution in [0.1, 0.15) is 5.69 Å². The molecule has 8 heteroatoms. The number of hydrogen-bond acceptors (Lipinski definition) is 4. The van der Waals surface area contributed by atoms with Gasteiger partial charge >= 0.3 is 0 Å². The van der Waals surface area contributed by atoms with E-state index >= 15 is 0 Å². The van der Waals surface area contributed by atoms with Gasteiger partial charge in [-0.1, -0.05) is 6.07 Å². The second-order valence-corrected chi connectivity index (χ2v) is 5.69. The number of nitrogen functional groups attached to an aromatic ring is 1. The summed E-state index contributed by atoms with van der Waals surface area (Å²) in [6, 6.07) is 6.27. The zero-order valence-corrected chi connectivity index (χ0v) is 11.2. The average Bonchev–Trinajstić information content (AvgIpc) is 2.35. The predicted molar refractivity (Wildman–Crippen MR) is 70.6 cm³/mol. The van der Waals surface area contributed by atoms with E-state index < -0.39 is 32.2 Å². The number of anilines is 2. The first-order valence-corrected chi connectivity index (χ1v) is 6.99. The number of rotatable bonds is 3. The van der Waals surface area contributed by atoms with Crippen molar-refractivity contribution >= 4 is 21.5 Å². The fraction of sp³-hybridized carbons (Fsp3) is 0.0833. The first-order valence-electron chi connectivity index (χ1n) is 5.51. The number of halogens is 2. The second kappa shape index (κ2) is 5.04. The Morgan fingerprint density at radius 1 is 1.20 bits per heavy atom. The third-order valence-electron chi connectivity index (χ3n) is 2.51. The Morgan fingerprint density at radius 2 is 1.90 bits per heavy atom. The Hall–Kier alpha value is -2.22. The van der Waals surface area contributed by atoms with Gasteiger partial charge in [-0.25, -0.2) is 22.2 Å². The highest BCUT2D eigenvalue weighted by molar-refractivity contribution is 7.92. The van der Waals surface area contributed by atoms with Crippen molar-refractivity contribution in [3.8, 4) is 0 Å².